The lowest BCUT2D eigenvalue weighted by Gasteiger charge is -2.08. The van der Waals surface area contributed by atoms with Crippen LogP contribution in [-0.2, 0) is 6.42 Å². The second kappa shape index (κ2) is 4.60. The van der Waals surface area contributed by atoms with E-state index in [1.54, 1.807) is 0 Å². The molecule has 20 heavy (non-hydrogen) atoms. The van der Waals surface area contributed by atoms with Gasteiger partial charge in [0.25, 0.3) is 0 Å². The summed E-state index contributed by atoms with van der Waals surface area (Å²) in [5.74, 6) is 1.06. The van der Waals surface area contributed by atoms with E-state index in [4.69, 9.17) is 16.6 Å². The summed E-state index contributed by atoms with van der Waals surface area (Å²) in [6.45, 7) is 0. The highest BCUT2D eigenvalue weighted by Gasteiger charge is 2.28. The Hall–Kier alpha value is -1.87. The van der Waals surface area contributed by atoms with Gasteiger partial charge in [-0.15, -0.1) is 0 Å². The maximum absolute atomic E-state index is 6.27. The van der Waals surface area contributed by atoms with Gasteiger partial charge in [-0.3, -0.25) is 0 Å². The molecule has 0 aliphatic heterocycles. The maximum atomic E-state index is 6.27. The lowest BCUT2D eigenvalue weighted by Crippen LogP contribution is -2.03. The van der Waals surface area contributed by atoms with Crippen LogP contribution >= 0.6 is 11.6 Å². The molecule has 0 bridgehead atoms. The fourth-order valence-electron chi connectivity index (χ4n) is 2.63. The highest BCUT2D eigenvalue weighted by atomic mass is 35.5. The van der Waals surface area contributed by atoms with Crippen LogP contribution in [0.2, 0.25) is 5.02 Å². The number of pyridine rings is 1. The standard InChI is InChI=1S/C16H14ClN3/c17-13-5-2-1-4-11(13)10-15-19-14-6-3-9-18-16(14)20(15)12-7-8-12/h1-6,9,12H,7-8,10H2. The summed E-state index contributed by atoms with van der Waals surface area (Å²) in [5, 5.41) is 0.801. The molecule has 4 heteroatoms. The topological polar surface area (TPSA) is 30.7 Å². The smallest absolute Gasteiger partial charge is 0.160 e. The molecule has 0 amide bonds. The summed E-state index contributed by atoms with van der Waals surface area (Å²) in [7, 11) is 0. The molecule has 1 saturated carbocycles. The molecule has 1 aromatic carbocycles. The van der Waals surface area contributed by atoms with Crippen LogP contribution in [0.3, 0.4) is 0 Å². The van der Waals surface area contributed by atoms with Crippen molar-refractivity contribution in [3.8, 4) is 0 Å². The van der Waals surface area contributed by atoms with Gasteiger partial charge in [0.15, 0.2) is 5.65 Å². The number of nitrogens with zero attached hydrogens (tertiary/aromatic N) is 3. The number of fused-ring (bicyclic) bond motifs is 1. The van der Waals surface area contributed by atoms with Crippen molar-refractivity contribution in [1.82, 2.24) is 14.5 Å². The number of benzene rings is 1. The van der Waals surface area contributed by atoms with Crippen molar-refractivity contribution in [2.45, 2.75) is 25.3 Å². The lowest BCUT2D eigenvalue weighted by molar-refractivity contribution is 0.709. The Morgan fingerprint density at radius 3 is 2.80 bits per heavy atom. The average molecular weight is 284 g/mol. The Bertz CT molecular complexity index is 774. The monoisotopic (exact) mass is 283 g/mol. The molecule has 3 nitrogen and oxygen atoms in total. The summed E-state index contributed by atoms with van der Waals surface area (Å²) in [6, 6.07) is 12.5. The fraction of sp³-hybridized carbons (Fsp3) is 0.250. The third-order valence-corrected chi connectivity index (χ3v) is 4.11. The van der Waals surface area contributed by atoms with Crippen molar-refractivity contribution >= 4 is 22.8 Å². The minimum Gasteiger partial charge on any atom is -0.309 e. The first-order valence-corrected chi connectivity index (χ1v) is 7.26. The number of rotatable bonds is 3. The van der Waals surface area contributed by atoms with Crippen LogP contribution in [0.4, 0.5) is 0 Å². The van der Waals surface area contributed by atoms with E-state index in [9.17, 15) is 0 Å². The number of hydrogen-bond donors (Lipinski definition) is 0. The molecule has 4 rings (SSSR count). The van der Waals surface area contributed by atoms with Crippen molar-refractivity contribution in [2.75, 3.05) is 0 Å². The zero-order valence-electron chi connectivity index (χ0n) is 11.0. The first kappa shape index (κ1) is 11.9. The second-order valence-electron chi connectivity index (χ2n) is 5.24. The third-order valence-electron chi connectivity index (χ3n) is 3.74. The number of imidazole rings is 1. The minimum absolute atomic E-state index is 0.562. The molecular formula is C16H14ClN3. The predicted octanol–water partition coefficient (Wildman–Crippen LogP) is 4.01. The summed E-state index contributed by atoms with van der Waals surface area (Å²) in [6.07, 6.45) is 5.03. The van der Waals surface area contributed by atoms with Crippen molar-refractivity contribution in [3.63, 3.8) is 0 Å². The lowest BCUT2D eigenvalue weighted by atomic mass is 10.1. The molecule has 2 aromatic heterocycles. The van der Waals surface area contributed by atoms with Crippen molar-refractivity contribution in [1.29, 1.82) is 0 Å². The van der Waals surface area contributed by atoms with Gasteiger partial charge in [-0.1, -0.05) is 29.8 Å². The van der Waals surface area contributed by atoms with E-state index in [1.807, 2.05) is 36.5 Å². The SMILES string of the molecule is Clc1ccccc1Cc1nc2cccnc2n1C1CC1. The number of halogens is 1. The summed E-state index contributed by atoms with van der Waals surface area (Å²) in [4.78, 5) is 9.25. The van der Waals surface area contributed by atoms with E-state index in [2.05, 4.69) is 15.6 Å². The van der Waals surface area contributed by atoms with Gasteiger partial charge in [0.1, 0.15) is 11.3 Å². The Morgan fingerprint density at radius 2 is 2.00 bits per heavy atom. The molecule has 0 unspecified atom stereocenters. The highest BCUT2D eigenvalue weighted by Crippen LogP contribution is 2.38. The Kier molecular flexibility index (Phi) is 2.74. The van der Waals surface area contributed by atoms with Crippen LogP contribution in [0.25, 0.3) is 11.2 Å². The summed E-state index contributed by atoms with van der Waals surface area (Å²) < 4.78 is 2.29. The Morgan fingerprint density at radius 1 is 1.15 bits per heavy atom. The van der Waals surface area contributed by atoms with Crippen LogP contribution in [0.1, 0.15) is 30.3 Å². The molecule has 1 aliphatic carbocycles. The molecule has 1 aliphatic rings. The van der Waals surface area contributed by atoms with Crippen LogP contribution in [0.15, 0.2) is 42.6 Å². The van der Waals surface area contributed by atoms with Gasteiger partial charge >= 0.3 is 0 Å². The molecule has 0 N–H and O–H groups in total. The van der Waals surface area contributed by atoms with E-state index in [1.165, 1.54) is 12.8 Å². The molecule has 2 heterocycles. The number of hydrogen-bond acceptors (Lipinski definition) is 2. The van der Waals surface area contributed by atoms with Crippen LogP contribution in [-0.4, -0.2) is 14.5 Å². The molecule has 1 fully saturated rings. The van der Waals surface area contributed by atoms with Crippen LogP contribution in [0, 0.1) is 0 Å². The molecule has 0 spiro atoms. The highest BCUT2D eigenvalue weighted by molar-refractivity contribution is 6.31. The van der Waals surface area contributed by atoms with E-state index < -0.39 is 0 Å². The normalized spacial score (nSPS) is 14.8. The van der Waals surface area contributed by atoms with Crippen molar-refractivity contribution < 1.29 is 0 Å². The first-order chi connectivity index (χ1) is 9.83. The van der Waals surface area contributed by atoms with Gasteiger partial charge in [0.05, 0.1) is 0 Å². The first-order valence-electron chi connectivity index (χ1n) is 6.88. The van der Waals surface area contributed by atoms with Gasteiger partial charge < -0.3 is 4.57 Å². The third kappa shape index (κ3) is 1.98. The molecule has 0 radical (unpaired) electrons. The predicted molar refractivity (Wildman–Crippen MR) is 80.1 cm³/mol. The largest absolute Gasteiger partial charge is 0.309 e. The summed E-state index contributed by atoms with van der Waals surface area (Å²) >= 11 is 6.27. The van der Waals surface area contributed by atoms with Gasteiger partial charge in [-0.2, -0.15) is 0 Å². The van der Waals surface area contributed by atoms with Gasteiger partial charge in [0, 0.05) is 23.7 Å². The van der Waals surface area contributed by atoms with Crippen molar-refractivity contribution in [2.24, 2.45) is 0 Å². The van der Waals surface area contributed by atoms with Gasteiger partial charge in [0.2, 0.25) is 0 Å². The minimum atomic E-state index is 0.562. The molecule has 0 saturated heterocycles. The van der Waals surface area contributed by atoms with E-state index in [-0.39, 0.29) is 0 Å². The Labute approximate surface area is 122 Å². The molecular weight excluding hydrogens is 270 g/mol. The van der Waals surface area contributed by atoms with E-state index in [0.717, 1.165) is 34.0 Å². The van der Waals surface area contributed by atoms with Crippen LogP contribution < -0.4 is 0 Å². The molecule has 0 atom stereocenters. The average Bonchev–Trinajstić information content (AvgIpc) is 3.23. The molecule has 3 aromatic rings. The maximum Gasteiger partial charge on any atom is 0.160 e. The number of aromatic nitrogens is 3. The zero-order chi connectivity index (χ0) is 13.5. The Balaban J connectivity index is 1.83. The fourth-order valence-corrected chi connectivity index (χ4v) is 2.83. The zero-order valence-corrected chi connectivity index (χ0v) is 11.7. The van der Waals surface area contributed by atoms with Gasteiger partial charge in [-0.25, -0.2) is 9.97 Å². The quantitative estimate of drug-likeness (QED) is 0.727. The van der Waals surface area contributed by atoms with Crippen LogP contribution in [0.5, 0.6) is 0 Å². The van der Waals surface area contributed by atoms with Gasteiger partial charge in [-0.05, 0) is 36.6 Å². The molecule has 100 valence electrons. The van der Waals surface area contributed by atoms with Crippen molar-refractivity contribution in [3.05, 3.63) is 59.0 Å². The van der Waals surface area contributed by atoms with E-state index >= 15 is 0 Å². The summed E-state index contributed by atoms with van der Waals surface area (Å²) in [5.41, 5.74) is 3.09. The second-order valence-corrected chi connectivity index (χ2v) is 5.65. The van der Waals surface area contributed by atoms with E-state index in [0.29, 0.717) is 6.04 Å².